The van der Waals surface area contributed by atoms with E-state index in [2.05, 4.69) is 5.32 Å². The molecule has 6 heteroatoms. The molecule has 0 heterocycles. The van der Waals surface area contributed by atoms with Gasteiger partial charge in [-0.25, -0.2) is 0 Å². The molecule has 1 amide bonds. The minimum Gasteiger partial charge on any atom is -0.347 e. The normalized spacial score (nSPS) is 12.5. The van der Waals surface area contributed by atoms with E-state index in [9.17, 15) is 14.9 Å². The number of carbonyl (C=O) groups excluding carboxylic acids is 1. The molecule has 126 valence electrons. The third-order valence-electron chi connectivity index (χ3n) is 3.88. The van der Waals surface area contributed by atoms with Crippen LogP contribution in [0.25, 0.3) is 0 Å². The van der Waals surface area contributed by atoms with Crippen molar-refractivity contribution in [2.75, 3.05) is 0 Å². The number of carbonyl (C=O) groups is 1. The molecule has 0 fully saturated rings. The van der Waals surface area contributed by atoms with Crippen LogP contribution in [0.1, 0.15) is 37.4 Å². The first-order valence-corrected chi connectivity index (χ1v) is 7.66. The van der Waals surface area contributed by atoms with E-state index in [0.717, 1.165) is 11.1 Å². The maximum absolute atomic E-state index is 12.3. The van der Waals surface area contributed by atoms with E-state index in [1.807, 2.05) is 44.2 Å². The van der Waals surface area contributed by atoms with Crippen LogP contribution in [0.4, 0.5) is 5.69 Å². The van der Waals surface area contributed by atoms with E-state index < -0.39 is 10.5 Å². The maximum atomic E-state index is 12.3. The molecule has 2 aromatic rings. The number of benzene rings is 2. The number of hydrogen-bond donors (Lipinski definition) is 2. The number of nitro benzene ring substituents is 1. The van der Waals surface area contributed by atoms with Gasteiger partial charge in [0, 0.05) is 24.6 Å². The average molecular weight is 327 g/mol. The Morgan fingerprint density at radius 1 is 1.17 bits per heavy atom. The van der Waals surface area contributed by atoms with Gasteiger partial charge in [0.15, 0.2) is 0 Å². The highest BCUT2D eigenvalue weighted by Crippen LogP contribution is 2.23. The molecular weight excluding hydrogens is 306 g/mol. The van der Waals surface area contributed by atoms with Crippen LogP contribution in [0.3, 0.4) is 0 Å². The van der Waals surface area contributed by atoms with Crippen molar-refractivity contribution in [2.45, 2.75) is 31.8 Å². The number of non-ortho nitro benzene ring substituents is 1. The molecule has 1 unspecified atom stereocenters. The van der Waals surface area contributed by atoms with Crippen molar-refractivity contribution in [1.82, 2.24) is 5.32 Å². The highest BCUT2D eigenvalue weighted by atomic mass is 16.6. The largest absolute Gasteiger partial charge is 0.347 e. The highest BCUT2D eigenvalue weighted by molar-refractivity contribution is 5.77. The number of hydrogen-bond acceptors (Lipinski definition) is 4. The lowest BCUT2D eigenvalue weighted by Crippen LogP contribution is -2.42. The van der Waals surface area contributed by atoms with Gasteiger partial charge in [0.2, 0.25) is 5.91 Å². The van der Waals surface area contributed by atoms with Gasteiger partial charge in [0.25, 0.3) is 5.69 Å². The molecule has 0 aliphatic heterocycles. The zero-order chi connectivity index (χ0) is 17.7. The van der Waals surface area contributed by atoms with E-state index in [1.165, 1.54) is 12.1 Å². The maximum Gasteiger partial charge on any atom is 0.269 e. The zero-order valence-corrected chi connectivity index (χ0v) is 13.7. The van der Waals surface area contributed by atoms with Crippen molar-refractivity contribution in [1.29, 1.82) is 0 Å². The molecule has 3 N–H and O–H groups in total. The van der Waals surface area contributed by atoms with Gasteiger partial charge in [-0.2, -0.15) is 0 Å². The number of nitrogens with zero attached hydrogens (tertiary/aromatic N) is 1. The second-order valence-corrected chi connectivity index (χ2v) is 6.20. The molecule has 1 atom stereocenters. The van der Waals surface area contributed by atoms with Gasteiger partial charge >= 0.3 is 0 Å². The van der Waals surface area contributed by atoms with Gasteiger partial charge < -0.3 is 11.1 Å². The van der Waals surface area contributed by atoms with Crippen LogP contribution >= 0.6 is 0 Å². The molecule has 0 aliphatic carbocycles. The topological polar surface area (TPSA) is 98.3 Å². The molecule has 6 nitrogen and oxygen atoms in total. The van der Waals surface area contributed by atoms with Crippen molar-refractivity contribution in [3.05, 3.63) is 75.8 Å². The van der Waals surface area contributed by atoms with E-state index in [-0.39, 0.29) is 24.1 Å². The third-order valence-corrected chi connectivity index (χ3v) is 3.88. The zero-order valence-electron chi connectivity index (χ0n) is 13.7. The van der Waals surface area contributed by atoms with Crippen LogP contribution in [-0.4, -0.2) is 10.8 Å². The van der Waals surface area contributed by atoms with Crippen molar-refractivity contribution >= 4 is 11.6 Å². The summed E-state index contributed by atoms with van der Waals surface area (Å²) < 4.78 is 0. The van der Waals surface area contributed by atoms with Gasteiger partial charge in [0.05, 0.1) is 10.5 Å². The molecule has 2 aromatic carbocycles. The van der Waals surface area contributed by atoms with Gasteiger partial charge in [0.1, 0.15) is 0 Å². The Morgan fingerprint density at radius 3 is 2.29 bits per heavy atom. The Kier molecular flexibility index (Phi) is 5.31. The van der Waals surface area contributed by atoms with E-state index in [1.54, 1.807) is 12.1 Å². The van der Waals surface area contributed by atoms with Crippen LogP contribution in [0.15, 0.2) is 54.6 Å². The summed E-state index contributed by atoms with van der Waals surface area (Å²) >= 11 is 0. The molecule has 0 aromatic heterocycles. The summed E-state index contributed by atoms with van der Waals surface area (Å²) in [5.41, 5.74) is 7.13. The first-order valence-electron chi connectivity index (χ1n) is 7.66. The van der Waals surface area contributed by atoms with Gasteiger partial charge in [-0.3, -0.25) is 14.9 Å². The van der Waals surface area contributed by atoms with Crippen LogP contribution in [-0.2, 0) is 10.3 Å². The third kappa shape index (κ3) is 4.39. The number of nitrogens with two attached hydrogens (primary N) is 1. The standard InChI is InChI=1S/C18H21N3O3/c1-18(2,14-8-10-15(11-9-14)21(23)24)20-17(22)12-16(19)13-6-4-3-5-7-13/h3-11,16H,12,19H2,1-2H3,(H,20,22). The summed E-state index contributed by atoms with van der Waals surface area (Å²) in [6, 6.07) is 15.2. The van der Waals surface area contributed by atoms with Crippen molar-refractivity contribution in [2.24, 2.45) is 5.73 Å². The second-order valence-electron chi connectivity index (χ2n) is 6.20. The Hall–Kier alpha value is -2.73. The summed E-state index contributed by atoms with van der Waals surface area (Å²) in [6.45, 7) is 3.69. The van der Waals surface area contributed by atoms with E-state index >= 15 is 0 Å². The molecule has 0 radical (unpaired) electrons. The first-order chi connectivity index (χ1) is 11.3. The monoisotopic (exact) mass is 327 g/mol. The number of amides is 1. The fourth-order valence-electron chi connectivity index (χ4n) is 2.49. The van der Waals surface area contributed by atoms with Gasteiger partial charge in [-0.1, -0.05) is 30.3 Å². The van der Waals surface area contributed by atoms with Crippen molar-refractivity contribution in [3.8, 4) is 0 Å². The van der Waals surface area contributed by atoms with E-state index in [0.29, 0.717) is 0 Å². The molecule has 0 saturated heterocycles. The quantitative estimate of drug-likeness (QED) is 0.629. The Balaban J connectivity index is 2.02. The van der Waals surface area contributed by atoms with Crippen LogP contribution in [0.2, 0.25) is 0 Å². The lowest BCUT2D eigenvalue weighted by Gasteiger charge is -2.27. The Labute approximate surface area is 140 Å². The molecular formula is C18H21N3O3. The molecule has 2 rings (SSSR count). The van der Waals surface area contributed by atoms with Crippen LogP contribution in [0, 0.1) is 10.1 Å². The molecule has 0 bridgehead atoms. The van der Waals surface area contributed by atoms with Gasteiger partial charge in [-0.15, -0.1) is 0 Å². The highest BCUT2D eigenvalue weighted by Gasteiger charge is 2.24. The predicted molar refractivity (Wildman–Crippen MR) is 92.3 cm³/mol. The average Bonchev–Trinajstić information content (AvgIpc) is 2.55. The van der Waals surface area contributed by atoms with Crippen molar-refractivity contribution in [3.63, 3.8) is 0 Å². The van der Waals surface area contributed by atoms with Crippen LogP contribution < -0.4 is 11.1 Å². The number of nitrogens with one attached hydrogen (secondary N) is 1. The fraction of sp³-hybridized carbons (Fsp3) is 0.278. The molecule has 0 spiro atoms. The SMILES string of the molecule is CC(C)(NC(=O)CC(N)c1ccccc1)c1ccc([N+](=O)[O-])cc1. The summed E-state index contributed by atoms with van der Waals surface area (Å²) in [6.07, 6.45) is 0.167. The minimum atomic E-state index is -0.650. The van der Waals surface area contributed by atoms with Gasteiger partial charge in [-0.05, 0) is 37.1 Å². The predicted octanol–water partition coefficient (Wildman–Crippen LogP) is 3.04. The van der Waals surface area contributed by atoms with Crippen LogP contribution in [0.5, 0.6) is 0 Å². The first kappa shape index (κ1) is 17.6. The lowest BCUT2D eigenvalue weighted by atomic mass is 9.93. The smallest absolute Gasteiger partial charge is 0.269 e. The number of nitro groups is 1. The van der Waals surface area contributed by atoms with Crippen molar-refractivity contribution < 1.29 is 9.72 Å². The minimum absolute atomic E-state index is 0.0203. The molecule has 0 saturated carbocycles. The lowest BCUT2D eigenvalue weighted by molar-refractivity contribution is -0.384. The molecule has 24 heavy (non-hydrogen) atoms. The van der Waals surface area contributed by atoms with E-state index in [4.69, 9.17) is 5.73 Å². The second kappa shape index (κ2) is 7.23. The molecule has 0 aliphatic rings. The Bertz CT molecular complexity index is 712. The summed E-state index contributed by atoms with van der Waals surface area (Å²) in [5, 5.41) is 13.7. The Morgan fingerprint density at radius 2 is 1.75 bits per heavy atom. The summed E-state index contributed by atoms with van der Waals surface area (Å²) in [7, 11) is 0. The fourth-order valence-corrected chi connectivity index (χ4v) is 2.49. The summed E-state index contributed by atoms with van der Waals surface area (Å²) in [5.74, 6) is -0.172. The summed E-state index contributed by atoms with van der Waals surface area (Å²) in [4.78, 5) is 22.6. The number of rotatable bonds is 6.